The molecule has 1 aliphatic heterocycles. The maximum absolute atomic E-state index is 11.6. The second kappa shape index (κ2) is 6.63. The normalized spacial score (nSPS) is 17.5. The molecule has 96 valence electrons. The lowest BCUT2D eigenvalue weighted by molar-refractivity contribution is -0.123. The first-order valence-electron chi connectivity index (χ1n) is 6.14. The van der Waals surface area contributed by atoms with Gasteiger partial charge in [-0.05, 0) is 39.8 Å². The zero-order valence-corrected chi connectivity index (χ0v) is 10.7. The maximum atomic E-state index is 11.6. The predicted octanol–water partition coefficient (Wildman–Crippen LogP) is 0.673. The summed E-state index contributed by atoms with van der Waals surface area (Å²) in [7, 11) is 0. The summed E-state index contributed by atoms with van der Waals surface area (Å²) in [5.41, 5.74) is -0.578. The Morgan fingerprint density at radius 3 is 2.76 bits per heavy atom. The largest absolute Gasteiger partial charge is 0.378 e. The highest BCUT2D eigenvalue weighted by molar-refractivity contribution is 5.77. The highest BCUT2D eigenvalue weighted by Gasteiger charge is 2.17. The minimum Gasteiger partial charge on any atom is -0.378 e. The van der Waals surface area contributed by atoms with Gasteiger partial charge in [-0.2, -0.15) is 0 Å². The van der Waals surface area contributed by atoms with Gasteiger partial charge in [0.2, 0.25) is 5.91 Å². The first-order chi connectivity index (χ1) is 8.03. The molecule has 4 heteroatoms. The van der Waals surface area contributed by atoms with Crippen molar-refractivity contribution >= 4 is 5.91 Å². The van der Waals surface area contributed by atoms with E-state index in [9.17, 15) is 4.79 Å². The van der Waals surface area contributed by atoms with Crippen molar-refractivity contribution in [1.82, 2.24) is 10.6 Å². The van der Waals surface area contributed by atoms with E-state index in [0.717, 1.165) is 25.9 Å². The van der Waals surface area contributed by atoms with Crippen molar-refractivity contribution in [2.45, 2.75) is 44.8 Å². The number of hydrogen-bond acceptors (Lipinski definition) is 3. The summed E-state index contributed by atoms with van der Waals surface area (Å²) in [6.45, 7) is 6.08. The van der Waals surface area contributed by atoms with E-state index in [1.165, 1.54) is 0 Å². The van der Waals surface area contributed by atoms with E-state index in [-0.39, 0.29) is 5.91 Å². The van der Waals surface area contributed by atoms with Gasteiger partial charge in [0.25, 0.3) is 0 Å². The molecule has 1 aliphatic rings. The average molecular weight is 238 g/mol. The first kappa shape index (κ1) is 14.0. The Morgan fingerprint density at radius 2 is 2.18 bits per heavy atom. The molecule has 4 nitrogen and oxygen atoms in total. The van der Waals surface area contributed by atoms with Crippen molar-refractivity contribution in [3.8, 4) is 12.3 Å². The fraction of sp³-hybridized carbons (Fsp3) is 0.769. The van der Waals surface area contributed by atoms with Crippen LogP contribution in [0, 0.1) is 12.3 Å². The lowest BCUT2D eigenvalue weighted by atomic mass is 10.1. The van der Waals surface area contributed by atoms with Crippen molar-refractivity contribution < 1.29 is 9.53 Å². The number of amides is 1. The molecule has 0 aromatic rings. The van der Waals surface area contributed by atoms with E-state index in [0.29, 0.717) is 19.1 Å². The summed E-state index contributed by atoms with van der Waals surface area (Å²) in [4.78, 5) is 11.6. The second-order valence-corrected chi connectivity index (χ2v) is 4.89. The van der Waals surface area contributed by atoms with Gasteiger partial charge in [-0.25, -0.2) is 0 Å². The van der Waals surface area contributed by atoms with Crippen LogP contribution < -0.4 is 10.6 Å². The second-order valence-electron chi connectivity index (χ2n) is 4.89. The zero-order valence-electron chi connectivity index (χ0n) is 10.7. The lowest BCUT2D eigenvalue weighted by Crippen LogP contribution is -2.42. The van der Waals surface area contributed by atoms with Crippen LogP contribution in [0.2, 0.25) is 0 Å². The molecule has 1 rings (SSSR count). The SMILES string of the molecule is C#CC(C)(C)NC(=O)CCOC1CCNCC1. The summed E-state index contributed by atoms with van der Waals surface area (Å²) in [6, 6.07) is 0. The van der Waals surface area contributed by atoms with Crippen molar-refractivity contribution in [3.05, 3.63) is 0 Å². The molecule has 0 saturated carbocycles. The van der Waals surface area contributed by atoms with Crippen LogP contribution in [0.5, 0.6) is 0 Å². The molecule has 0 aromatic heterocycles. The van der Waals surface area contributed by atoms with E-state index < -0.39 is 5.54 Å². The van der Waals surface area contributed by atoms with Crippen LogP contribution in [0.1, 0.15) is 33.1 Å². The number of rotatable bonds is 5. The van der Waals surface area contributed by atoms with Gasteiger partial charge >= 0.3 is 0 Å². The highest BCUT2D eigenvalue weighted by Crippen LogP contribution is 2.07. The quantitative estimate of drug-likeness (QED) is 0.692. The molecule has 1 fully saturated rings. The van der Waals surface area contributed by atoms with Crippen molar-refractivity contribution in [1.29, 1.82) is 0 Å². The Bertz CT molecular complexity index is 288. The number of hydrogen-bond donors (Lipinski definition) is 2. The Morgan fingerprint density at radius 1 is 1.53 bits per heavy atom. The van der Waals surface area contributed by atoms with E-state index in [1.54, 1.807) is 13.8 Å². The van der Waals surface area contributed by atoms with Gasteiger partial charge in [0.15, 0.2) is 0 Å². The third kappa shape index (κ3) is 5.71. The van der Waals surface area contributed by atoms with Crippen LogP contribution in [0.15, 0.2) is 0 Å². The summed E-state index contributed by atoms with van der Waals surface area (Å²) < 4.78 is 5.65. The smallest absolute Gasteiger partial charge is 0.223 e. The topological polar surface area (TPSA) is 50.4 Å². The minimum absolute atomic E-state index is 0.0538. The summed E-state index contributed by atoms with van der Waals surface area (Å²) >= 11 is 0. The van der Waals surface area contributed by atoms with E-state index in [1.807, 2.05) is 0 Å². The first-order valence-corrected chi connectivity index (χ1v) is 6.14. The molecule has 0 bridgehead atoms. The van der Waals surface area contributed by atoms with E-state index in [4.69, 9.17) is 11.2 Å². The minimum atomic E-state index is -0.578. The van der Waals surface area contributed by atoms with Crippen LogP contribution in [-0.2, 0) is 9.53 Å². The molecule has 0 aliphatic carbocycles. The molecular formula is C13H22N2O2. The standard InChI is InChI=1S/C13H22N2O2/c1-4-13(2,3)15-12(16)7-10-17-11-5-8-14-9-6-11/h1,11,14H,5-10H2,2-3H3,(H,15,16). The number of carbonyl (C=O) groups is 1. The summed E-state index contributed by atoms with van der Waals surface area (Å²) in [5, 5.41) is 6.05. The van der Waals surface area contributed by atoms with Gasteiger partial charge in [-0.15, -0.1) is 6.42 Å². The zero-order chi connectivity index (χ0) is 12.7. The van der Waals surface area contributed by atoms with Crippen LogP contribution in [0.4, 0.5) is 0 Å². The molecule has 17 heavy (non-hydrogen) atoms. The Labute approximate surface area is 103 Å². The average Bonchev–Trinajstić information content (AvgIpc) is 2.30. The molecule has 1 amide bonds. The van der Waals surface area contributed by atoms with Gasteiger partial charge in [-0.1, -0.05) is 5.92 Å². The molecule has 2 N–H and O–H groups in total. The number of terminal acetylenes is 1. The number of ether oxygens (including phenoxy) is 1. The molecule has 1 heterocycles. The lowest BCUT2D eigenvalue weighted by Gasteiger charge is -2.23. The number of piperidine rings is 1. The van der Waals surface area contributed by atoms with Crippen LogP contribution in [0.3, 0.4) is 0 Å². The molecule has 0 aromatic carbocycles. The van der Waals surface area contributed by atoms with Gasteiger partial charge in [0.05, 0.1) is 24.7 Å². The van der Waals surface area contributed by atoms with Gasteiger partial charge in [0, 0.05) is 0 Å². The summed E-state index contributed by atoms with van der Waals surface area (Å²) in [6.07, 6.45) is 8.01. The van der Waals surface area contributed by atoms with Crippen molar-refractivity contribution in [2.24, 2.45) is 0 Å². The van der Waals surface area contributed by atoms with Crippen LogP contribution in [0.25, 0.3) is 0 Å². The Hall–Kier alpha value is -1.05. The third-order valence-corrected chi connectivity index (χ3v) is 2.78. The summed E-state index contributed by atoms with van der Waals surface area (Å²) in [5.74, 6) is 2.48. The van der Waals surface area contributed by atoms with Gasteiger partial charge in [0.1, 0.15) is 0 Å². The Balaban J connectivity index is 2.14. The fourth-order valence-corrected chi connectivity index (χ4v) is 1.73. The fourth-order valence-electron chi connectivity index (χ4n) is 1.73. The monoisotopic (exact) mass is 238 g/mol. The number of nitrogens with one attached hydrogen (secondary N) is 2. The number of carbonyl (C=O) groups excluding carboxylic acids is 1. The predicted molar refractivity (Wildman–Crippen MR) is 67.5 cm³/mol. The maximum Gasteiger partial charge on any atom is 0.223 e. The van der Waals surface area contributed by atoms with Gasteiger partial charge in [-0.3, -0.25) is 4.79 Å². The molecule has 1 saturated heterocycles. The van der Waals surface area contributed by atoms with Crippen molar-refractivity contribution in [3.63, 3.8) is 0 Å². The van der Waals surface area contributed by atoms with E-state index in [2.05, 4.69) is 16.6 Å². The van der Waals surface area contributed by atoms with Crippen LogP contribution >= 0.6 is 0 Å². The van der Waals surface area contributed by atoms with Crippen molar-refractivity contribution in [2.75, 3.05) is 19.7 Å². The molecular weight excluding hydrogens is 216 g/mol. The molecule has 0 unspecified atom stereocenters. The molecule has 0 atom stereocenters. The molecule has 0 radical (unpaired) electrons. The third-order valence-electron chi connectivity index (χ3n) is 2.78. The van der Waals surface area contributed by atoms with E-state index >= 15 is 0 Å². The van der Waals surface area contributed by atoms with Gasteiger partial charge < -0.3 is 15.4 Å². The highest BCUT2D eigenvalue weighted by atomic mass is 16.5. The molecule has 0 spiro atoms. The van der Waals surface area contributed by atoms with Crippen LogP contribution in [-0.4, -0.2) is 37.2 Å². The Kier molecular flexibility index (Phi) is 5.46.